The summed E-state index contributed by atoms with van der Waals surface area (Å²) in [6.07, 6.45) is 7.79. The number of hydrogen-bond acceptors (Lipinski definition) is 2. The maximum atomic E-state index is 10.8. The van der Waals surface area contributed by atoms with Crippen LogP contribution in [0.25, 0.3) is 0 Å². The van der Waals surface area contributed by atoms with Gasteiger partial charge in [0.2, 0.25) is 0 Å². The van der Waals surface area contributed by atoms with Gasteiger partial charge in [-0.25, -0.2) is 0 Å². The Morgan fingerprint density at radius 1 is 1.58 bits per heavy atom. The summed E-state index contributed by atoms with van der Waals surface area (Å²) in [5, 5.41) is 0. The number of allylic oxidation sites excluding steroid dienone is 1. The zero-order valence-electron chi connectivity index (χ0n) is 7.43. The number of rotatable bonds is 2. The highest BCUT2D eigenvalue weighted by atomic mass is 16.6. The molecule has 66 valence electrons. The Bertz CT molecular complexity index is 236. The van der Waals surface area contributed by atoms with Crippen LogP contribution < -0.4 is 0 Å². The van der Waals surface area contributed by atoms with Crippen LogP contribution in [0.2, 0.25) is 0 Å². The van der Waals surface area contributed by atoms with E-state index in [0.29, 0.717) is 0 Å². The topological polar surface area (TPSA) is 26.3 Å². The standard InChI is InChI=1S/C10H14O2/c1-8(11)12-10(6-3-7-10)9-4-2-5-9/h4H,2-3,5-7H2,1H3. The van der Waals surface area contributed by atoms with E-state index >= 15 is 0 Å². The van der Waals surface area contributed by atoms with E-state index in [2.05, 4.69) is 6.08 Å². The van der Waals surface area contributed by atoms with Crippen LogP contribution in [-0.4, -0.2) is 11.6 Å². The summed E-state index contributed by atoms with van der Waals surface area (Å²) >= 11 is 0. The van der Waals surface area contributed by atoms with Crippen LogP contribution in [0, 0.1) is 0 Å². The molecule has 0 aromatic heterocycles. The minimum Gasteiger partial charge on any atom is -0.455 e. The monoisotopic (exact) mass is 166 g/mol. The number of carbonyl (C=O) groups excluding carboxylic acids is 1. The quantitative estimate of drug-likeness (QED) is 0.464. The van der Waals surface area contributed by atoms with Crippen molar-refractivity contribution in [2.45, 2.75) is 44.6 Å². The number of esters is 1. The van der Waals surface area contributed by atoms with E-state index < -0.39 is 0 Å². The van der Waals surface area contributed by atoms with E-state index in [1.165, 1.54) is 25.3 Å². The van der Waals surface area contributed by atoms with Gasteiger partial charge in [-0.05, 0) is 37.7 Å². The van der Waals surface area contributed by atoms with Gasteiger partial charge in [-0.15, -0.1) is 0 Å². The average Bonchev–Trinajstić information content (AvgIpc) is 1.77. The lowest BCUT2D eigenvalue weighted by Gasteiger charge is -2.45. The third-order valence-corrected chi connectivity index (χ3v) is 2.89. The predicted molar refractivity (Wildman–Crippen MR) is 45.7 cm³/mol. The van der Waals surface area contributed by atoms with Crippen molar-refractivity contribution in [1.29, 1.82) is 0 Å². The lowest BCUT2D eigenvalue weighted by atomic mass is 9.69. The summed E-state index contributed by atoms with van der Waals surface area (Å²) in [4.78, 5) is 10.8. The molecule has 2 aliphatic carbocycles. The van der Waals surface area contributed by atoms with Crippen molar-refractivity contribution in [3.8, 4) is 0 Å². The van der Waals surface area contributed by atoms with Crippen LogP contribution >= 0.6 is 0 Å². The van der Waals surface area contributed by atoms with Crippen LogP contribution in [-0.2, 0) is 9.53 Å². The van der Waals surface area contributed by atoms with Gasteiger partial charge in [0.25, 0.3) is 0 Å². The van der Waals surface area contributed by atoms with Gasteiger partial charge >= 0.3 is 5.97 Å². The Labute approximate surface area is 72.6 Å². The number of hydrogen-bond donors (Lipinski definition) is 0. The second-order valence-corrected chi connectivity index (χ2v) is 3.71. The molecule has 0 unspecified atom stereocenters. The van der Waals surface area contributed by atoms with Crippen molar-refractivity contribution in [2.24, 2.45) is 0 Å². The molecule has 0 amide bonds. The Balaban J connectivity index is 2.08. The van der Waals surface area contributed by atoms with E-state index in [9.17, 15) is 4.79 Å². The van der Waals surface area contributed by atoms with E-state index in [4.69, 9.17) is 4.74 Å². The summed E-state index contributed by atoms with van der Waals surface area (Å²) in [5.41, 5.74) is 1.22. The summed E-state index contributed by atoms with van der Waals surface area (Å²) in [6.45, 7) is 1.50. The van der Waals surface area contributed by atoms with Crippen molar-refractivity contribution in [3.63, 3.8) is 0 Å². The molecule has 1 fully saturated rings. The minimum atomic E-state index is -0.149. The minimum absolute atomic E-state index is 0.137. The molecule has 0 spiro atoms. The highest BCUT2D eigenvalue weighted by molar-refractivity contribution is 5.67. The molecular weight excluding hydrogens is 152 g/mol. The van der Waals surface area contributed by atoms with E-state index in [1.54, 1.807) is 0 Å². The molecule has 0 aromatic carbocycles. The number of carbonyl (C=O) groups is 1. The fraction of sp³-hybridized carbons (Fsp3) is 0.700. The summed E-state index contributed by atoms with van der Waals surface area (Å²) < 4.78 is 5.37. The van der Waals surface area contributed by atoms with Gasteiger partial charge < -0.3 is 4.74 Å². The molecule has 2 heteroatoms. The van der Waals surface area contributed by atoms with Crippen molar-refractivity contribution in [3.05, 3.63) is 11.6 Å². The Morgan fingerprint density at radius 2 is 2.25 bits per heavy atom. The molecule has 0 bridgehead atoms. The first-order chi connectivity index (χ1) is 5.73. The molecule has 0 saturated heterocycles. The summed E-state index contributed by atoms with van der Waals surface area (Å²) in [7, 11) is 0. The van der Waals surface area contributed by atoms with Crippen molar-refractivity contribution in [2.75, 3.05) is 0 Å². The smallest absolute Gasteiger partial charge is 0.303 e. The summed E-state index contributed by atoms with van der Waals surface area (Å²) in [5.74, 6) is -0.137. The SMILES string of the molecule is CC(=O)OC1(C2=CCC2)CCC1. The maximum absolute atomic E-state index is 10.8. The van der Waals surface area contributed by atoms with Gasteiger partial charge in [-0.1, -0.05) is 6.08 Å². The van der Waals surface area contributed by atoms with Crippen molar-refractivity contribution < 1.29 is 9.53 Å². The van der Waals surface area contributed by atoms with Crippen molar-refractivity contribution >= 4 is 5.97 Å². The second-order valence-electron chi connectivity index (χ2n) is 3.71. The van der Waals surface area contributed by atoms with Gasteiger partial charge in [0.15, 0.2) is 0 Å². The third-order valence-electron chi connectivity index (χ3n) is 2.89. The molecule has 2 rings (SSSR count). The van der Waals surface area contributed by atoms with Gasteiger partial charge in [-0.2, -0.15) is 0 Å². The molecule has 2 aliphatic rings. The molecule has 0 aliphatic heterocycles. The van der Waals surface area contributed by atoms with E-state index in [0.717, 1.165) is 19.3 Å². The van der Waals surface area contributed by atoms with Gasteiger partial charge in [0.1, 0.15) is 5.60 Å². The molecular formula is C10H14O2. The predicted octanol–water partition coefficient (Wildman–Crippen LogP) is 2.19. The van der Waals surface area contributed by atoms with Crippen LogP contribution in [0.15, 0.2) is 11.6 Å². The Kier molecular flexibility index (Phi) is 1.71. The molecule has 0 radical (unpaired) electrons. The van der Waals surface area contributed by atoms with Gasteiger partial charge in [-0.3, -0.25) is 4.79 Å². The number of ether oxygens (including phenoxy) is 1. The fourth-order valence-electron chi connectivity index (χ4n) is 1.96. The normalized spacial score (nSPS) is 24.9. The molecule has 1 saturated carbocycles. The average molecular weight is 166 g/mol. The zero-order valence-corrected chi connectivity index (χ0v) is 7.43. The first-order valence-corrected chi connectivity index (χ1v) is 4.62. The fourth-order valence-corrected chi connectivity index (χ4v) is 1.96. The Morgan fingerprint density at radius 3 is 2.50 bits per heavy atom. The van der Waals surface area contributed by atoms with Crippen LogP contribution in [0.5, 0.6) is 0 Å². The zero-order chi connectivity index (χ0) is 8.60. The highest BCUT2D eigenvalue weighted by Crippen LogP contribution is 2.46. The van der Waals surface area contributed by atoms with E-state index in [-0.39, 0.29) is 11.6 Å². The van der Waals surface area contributed by atoms with Crippen molar-refractivity contribution in [1.82, 2.24) is 0 Å². The highest BCUT2D eigenvalue weighted by Gasteiger charge is 2.44. The third kappa shape index (κ3) is 1.06. The van der Waals surface area contributed by atoms with Crippen LogP contribution in [0.4, 0.5) is 0 Å². The first-order valence-electron chi connectivity index (χ1n) is 4.62. The molecule has 0 N–H and O–H groups in total. The molecule has 0 aromatic rings. The first kappa shape index (κ1) is 7.84. The Hall–Kier alpha value is -0.790. The van der Waals surface area contributed by atoms with Gasteiger partial charge in [0, 0.05) is 6.92 Å². The molecule has 2 nitrogen and oxygen atoms in total. The van der Waals surface area contributed by atoms with Crippen LogP contribution in [0.1, 0.15) is 39.0 Å². The maximum Gasteiger partial charge on any atom is 0.303 e. The van der Waals surface area contributed by atoms with Gasteiger partial charge in [0.05, 0.1) is 0 Å². The van der Waals surface area contributed by atoms with Crippen LogP contribution in [0.3, 0.4) is 0 Å². The lowest BCUT2D eigenvalue weighted by Crippen LogP contribution is -2.44. The molecule has 12 heavy (non-hydrogen) atoms. The molecule has 0 atom stereocenters. The van der Waals surface area contributed by atoms with E-state index in [1.807, 2.05) is 0 Å². The molecule has 0 heterocycles. The summed E-state index contributed by atoms with van der Waals surface area (Å²) in [6, 6.07) is 0. The lowest BCUT2D eigenvalue weighted by molar-refractivity contribution is -0.161. The largest absolute Gasteiger partial charge is 0.455 e. The second kappa shape index (κ2) is 2.61.